The Morgan fingerprint density at radius 3 is 2.94 bits per heavy atom. The van der Waals surface area contributed by atoms with Gasteiger partial charge in [-0.2, -0.15) is 0 Å². The number of hydrogen-bond acceptors (Lipinski definition) is 3. The van der Waals surface area contributed by atoms with Gasteiger partial charge in [0.25, 0.3) is 0 Å². The highest BCUT2D eigenvalue weighted by Crippen LogP contribution is 2.20. The average Bonchev–Trinajstić information content (AvgIpc) is 2.94. The van der Waals surface area contributed by atoms with Gasteiger partial charge in [0, 0.05) is 27.8 Å². The molecule has 1 saturated heterocycles. The molecule has 2 N–H and O–H groups in total. The van der Waals surface area contributed by atoms with Crippen LogP contribution in [0.15, 0.2) is 15.9 Å². The summed E-state index contributed by atoms with van der Waals surface area (Å²) in [6.45, 7) is 1.29. The van der Waals surface area contributed by atoms with E-state index in [2.05, 4.69) is 21.2 Å². The first kappa shape index (κ1) is 13.4. The molecular weight excluding hydrogens is 320 g/mol. The SMILES string of the molecule is O=C(O)C1CCN(C(=O)NCc2cc(Br)cs2)C1. The van der Waals surface area contributed by atoms with E-state index < -0.39 is 11.9 Å². The molecule has 1 aromatic rings. The van der Waals surface area contributed by atoms with Gasteiger partial charge in [-0.15, -0.1) is 11.3 Å². The second-order valence-electron chi connectivity index (χ2n) is 4.16. The molecular formula is C11H13BrN2O3S. The standard InChI is InChI=1S/C11H13BrN2O3S/c12-8-3-9(18-6-8)4-13-11(17)14-2-1-7(5-14)10(15)16/h3,6-7H,1-2,4-5H2,(H,13,17)(H,15,16). The molecule has 1 unspecified atom stereocenters. The van der Waals surface area contributed by atoms with Crippen molar-refractivity contribution in [3.63, 3.8) is 0 Å². The molecule has 1 atom stereocenters. The Morgan fingerprint density at radius 1 is 1.61 bits per heavy atom. The van der Waals surface area contributed by atoms with Gasteiger partial charge < -0.3 is 15.3 Å². The Kier molecular flexibility index (Phi) is 4.23. The van der Waals surface area contributed by atoms with Crippen molar-refractivity contribution in [3.8, 4) is 0 Å². The summed E-state index contributed by atoms with van der Waals surface area (Å²) in [5.41, 5.74) is 0. The molecule has 1 aliphatic heterocycles. The predicted molar refractivity (Wildman–Crippen MR) is 71.6 cm³/mol. The van der Waals surface area contributed by atoms with Crippen LogP contribution in [-0.4, -0.2) is 35.1 Å². The molecule has 1 fully saturated rings. The third-order valence-corrected chi connectivity index (χ3v) is 4.56. The molecule has 5 nitrogen and oxygen atoms in total. The fourth-order valence-electron chi connectivity index (χ4n) is 1.87. The lowest BCUT2D eigenvalue weighted by molar-refractivity contribution is -0.141. The van der Waals surface area contributed by atoms with E-state index in [0.717, 1.165) is 9.35 Å². The zero-order valence-electron chi connectivity index (χ0n) is 9.56. The van der Waals surface area contributed by atoms with Gasteiger partial charge >= 0.3 is 12.0 Å². The number of likely N-dealkylation sites (tertiary alicyclic amines) is 1. The van der Waals surface area contributed by atoms with Gasteiger partial charge in [0.1, 0.15) is 0 Å². The lowest BCUT2D eigenvalue weighted by Gasteiger charge is -2.16. The first-order valence-electron chi connectivity index (χ1n) is 5.55. The van der Waals surface area contributed by atoms with Gasteiger partial charge in [0.15, 0.2) is 0 Å². The average molecular weight is 333 g/mol. The first-order valence-corrected chi connectivity index (χ1v) is 7.22. The zero-order chi connectivity index (χ0) is 13.1. The van der Waals surface area contributed by atoms with Gasteiger partial charge in [0.2, 0.25) is 0 Å². The summed E-state index contributed by atoms with van der Waals surface area (Å²) >= 11 is 4.92. The van der Waals surface area contributed by atoms with Crippen LogP contribution in [0.3, 0.4) is 0 Å². The lowest BCUT2D eigenvalue weighted by atomic mass is 10.1. The van der Waals surface area contributed by atoms with Crippen LogP contribution in [0.25, 0.3) is 0 Å². The van der Waals surface area contributed by atoms with E-state index in [-0.39, 0.29) is 6.03 Å². The number of aliphatic carboxylic acids is 1. The number of carbonyl (C=O) groups excluding carboxylic acids is 1. The van der Waals surface area contributed by atoms with Crippen molar-refractivity contribution >= 4 is 39.3 Å². The maximum Gasteiger partial charge on any atom is 0.317 e. The van der Waals surface area contributed by atoms with Gasteiger partial charge in [-0.1, -0.05) is 0 Å². The van der Waals surface area contributed by atoms with Gasteiger partial charge in [-0.25, -0.2) is 4.79 Å². The fourth-order valence-corrected chi connectivity index (χ4v) is 3.26. The third-order valence-electron chi connectivity index (χ3n) is 2.86. The van der Waals surface area contributed by atoms with E-state index in [9.17, 15) is 9.59 Å². The van der Waals surface area contributed by atoms with E-state index in [4.69, 9.17) is 5.11 Å². The summed E-state index contributed by atoms with van der Waals surface area (Å²) in [5.74, 6) is -1.25. The topological polar surface area (TPSA) is 69.6 Å². The van der Waals surface area contributed by atoms with Crippen molar-refractivity contribution in [1.82, 2.24) is 10.2 Å². The Bertz CT molecular complexity index is 463. The van der Waals surface area contributed by atoms with Crippen LogP contribution >= 0.6 is 27.3 Å². The smallest absolute Gasteiger partial charge is 0.317 e. The van der Waals surface area contributed by atoms with E-state index in [1.807, 2.05) is 11.4 Å². The van der Waals surface area contributed by atoms with E-state index >= 15 is 0 Å². The van der Waals surface area contributed by atoms with Gasteiger partial charge in [0.05, 0.1) is 12.5 Å². The van der Waals surface area contributed by atoms with Crippen LogP contribution in [0.4, 0.5) is 4.79 Å². The molecule has 2 heterocycles. The number of urea groups is 1. The molecule has 18 heavy (non-hydrogen) atoms. The van der Waals surface area contributed by atoms with Crippen molar-refractivity contribution in [2.24, 2.45) is 5.92 Å². The van der Waals surface area contributed by atoms with Crippen LogP contribution in [0, 0.1) is 5.92 Å². The Morgan fingerprint density at radius 2 is 2.39 bits per heavy atom. The number of nitrogens with one attached hydrogen (secondary N) is 1. The molecule has 2 rings (SSSR count). The summed E-state index contributed by atoms with van der Waals surface area (Å²) in [6.07, 6.45) is 0.535. The van der Waals surface area contributed by atoms with Crippen molar-refractivity contribution < 1.29 is 14.7 Å². The van der Waals surface area contributed by atoms with E-state index in [1.165, 1.54) is 0 Å². The summed E-state index contributed by atoms with van der Waals surface area (Å²) in [5, 5.41) is 13.6. The number of thiophene rings is 1. The molecule has 0 bridgehead atoms. The maximum absolute atomic E-state index is 11.8. The number of rotatable bonds is 3. The quantitative estimate of drug-likeness (QED) is 0.890. The summed E-state index contributed by atoms with van der Waals surface area (Å²) in [4.78, 5) is 25.2. The summed E-state index contributed by atoms with van der Waals surface area (Å²) in [7, 11) is 0. The minimum atomic E-state index is -0.826. The molecule has 0 saturated carbocycles. The predicted octanol–water partition coefficient (Wildman–Crippen LogP) is 2.13. The molecule has 0 aromatic carbocycles. The number of hydrogen-bond donors (Lipinski definition) is 2. The monoisotopic (exact) mass is 332 g/mol. The van der Waals surface area contributed by atoms with Crippen LogP contribution < -0.4 is 5.32 Å². The van der Waals surface area contributed by atoms with Crippen molar-refractivity contribution in [3.05, 3.63) is 20.8 Å². The number of carbonyl (C=O) groups is 2. The van der Waals surface area contributed by atoms with Crippen LogP contribution in [0.2, 0.25) is 0 Å². The number of carboxylic acid groups (broad SMARTS) is 1. The molecule has 0 radical (unpaired) electrons. The van der Waals surface area contributed by atoms with Gasteiger partial charge in [-0.05, 0) is 28.4 Å². The van der Waals surface area contributed by atoms with E-state index in [0.29, 0.717) is 26.1 Å². The van der Waals surface area contributed by atoms with Crippen molar-refractivity contribution in [2.75, 3.05) is 13.1 Å². The second-order valence-corrected chi connectivity index (χ2v) is 6.07. The number of halogens is 1. The van der Waals surface area contributed by atoms with Crippen LogP contribution in [-0.2, 0) is 11.3 Å². The first-order chi connectivity index (χ1) is 8.56. The minimum Gasteiger partial charge on any atom is -0.481 e. The molecule has 98 valence electrons. The number of amides is 2. The Hall–Kier alpha value is -1.08. The van der Waals surface area contributed by atoms with Gasteiger partial charge in [-0.3, -0.25) is 4.79 Å². The number of carboxylic acids is 1. The highest BCUT2D eigenvalue weighted by molar-refractivity contribution is 9.10. The second kappa shape index (κ2) is 5.71. The highest BCUT2D eigenvalue weighted by Gasteiger charge is 2.30. The molecule has 1 aliphatic rings. The van der Waals surface area contributed by atoms with Crippen molar-refractivity contribution in [2.45, 2.75) is 13.0 Å². The van der Waals surface area contributed by atoms with E-state index in [1.54, 1.807) is 16.2 Å². The van der Waals surface area contributed by atoms with Crippen LogP contribution in [0.1, 0.15) is 11.3 Å². The molecule has 0 spiro atoms. The van der Waals surface area contributed by atoms with Crippen LogP contribution in [0.5, 0.6) is 0 Å². The molecule has 2 amide bonds. The normalized spacial score (nSPS) is 18.9. The summed E-state index contributed by atoms with van der Waals surface area (Å²) < 4.78 is 1.00. The highest BCUT2D eigenvalue weighted by atomic mass is 79.9. The molecule has 1 aromatic heterocycles. The largest absolute Gasteiger partial charge is 0.481 e. The third kappa shape index (κ3) is 3.23. The Labute approximate surface area is 117 Å². The number of nitrogens with zero attached hydrogens (tertiary/aromatic N) is 1. The Balaban J connectivity index is 1.80. The lowest BCUT2D eigenvalue weighted by Crippen LogP contribution is -2.38. The minimum absolute atomic E-state index is 0.191. The van der Waals surface area contributed by atoms with Crippen molar-refractivity contribution in [1.29, 1.82) is 0 Å². The molecule has 0 aliphatic carbocycles. The molecule has 7 heteroatoms. The summed E-state index contributed by atoms with van der Waals surface area (Å²) in [6, 6.07) is 1.76. The zero-order valence-corrected chi connectivity index (χ0v) is 12.0. The maximum atomic E-state index is 11.8. The fraction of sp³-hybridized carbons (Fsp3) is 0.455.